The Bertz CT molecular complexity index is 900. The molecule has 148 valence electrons. The van der Waals surface area contributed by atoms with Crippen LogP contribution in [0, 0.1) is 6.92 Å². The van der Waals surface area contributed by atoms with Gasteiger partial charge in [0, 0.05) is 17.3 Å². The Morgan fingerprint density at radius 2 is 1.93 bits per heavy atom. The first-order valence-corrected chi connectivity index (χ1v) is 8.88. The number of benzene rings is 1. The third-order valence-corrected chi connectivity index (χ3v) is 4.78. The summed E-state index contributed by atoms with van der Waals surface area (Å²) >= 11 is 0. The molecule has 4 N–H and O–H groups in total. The summed E-state index contributed by atoms with van der Waals surface area (Å²) < 4.78 is 6.95. The minimum Gasteiger partial charge on any atom is -0.394 e. The number of ketones is 1. The highest BCUT2D eigenvalue weighted by atomic mass is 16.6. The van der Waals surface area contributed by atoms with E-state index in [-0.39, 0.29) is 11.7 Å². The number of rotatable bonds is 5. The zero-order valence-electron chi connectivity index (χ0n) is 15.6. The van der Waals surface area contributed by atoms with Crippen LogP contribution in [0.3, 0.4) is 0 Å². The van der Waals surface area contributed by atoms with Crippen LogP contribution in [-0.4, -0.2) is 51.9 Å². The zero-order chi connectivity index (χ0) is 20.4. The fraction of sp³-hybridized carbons (Fsp3) is 0.350. The summed E-state index contributed by atoms with van der Waals surface area (Å²) in [7, 11) is 0. The van der Waals surface area contributed by atoms with Crippen molar-refractivity contribution in [2.24, 2.45) is 0 Å². The molecule has 0 spiro atoms. The number of hydrogen-bond acceptors (Lipinski definition) is 6. The van der Waals surface area contributed by atoms with Crippen molar-refractivity contribution in [3.05, 3.63) is 59.4 Å². The van der Waals surface area contributed by atoms with Crippen LogP contribution in [0.15, 0.2) is 42.7 Å². The number of ether oxygens (including phenoxy) is 1. The number of aliphatic hydroxyl groups excluding tert-OH is 3. The van der Waals surface area contributed by atoms with Gasteiger partial charge in [0.2, 0.25) is 0 Å². The SMILES string of the molecule is CC(=O)c1ccc(NC(=O)c2ccc[n+]([C@@H]3O[C@H](CO)[C@@H](O)[C@H]3O)c2)c(C)c1. The van der Waals surface area contributed by atoms with E-state index in [2.05, 4.69) is 5.32 Å². The molecule has 1 aliphatic rings. The zero-order valence-corrected chi connectivity index (χ0v) is 15.6. The van der Waals surface area contributed by atoms with Gasteiger partial charge in [-0.15, -0.1) is 0 Å². The molecule has 8 nitrogen and oxygen atoms in total. The van der Waals surface area contributed by atoms with Crippen molar-refractivity contribution in [3.8, 4) is 0 Å². The molecule has 1 amide bonds. The van der Waals surface area contributed by atoms with Crippen LogP contribution in [0.5, 0.6) is 0 Å². The molecule has 1 saturated heterocycles. The number of anilines is 1. The van der Waals surface area contributed by atoms with Crippen LogP contribution in [-0.2, 0) is 4.74 Å². The number of aromatic nitrogens is 1. The summed E-state index contributed by atoms with van der Waals surface area (Å²) in [6.07, 6.45) is -1.17. The van der Waals surface area contributed by atoms with Gasteiger partial charge in [-0.3, -0.25) is 9.59 Å². The van der Waals surface area contributed by atoms with Crippen molar-refractivity contribution in [2.45, 2.75) is 38.4 Å². The van der Waals surface area contributed by atoms with Crippen LogP contribution in [0.2, 0.25) is 0 Å². The highest BCUT2D eigenvalue weighted by Gasteiger charge is 2.48. The number of aliphatic hydroxyl groups is 3. The first-order chi connectivity index (χ1) is 13.3. The highest BCUT2D eigenvalue weighted by molar-refractivity contribution is 6.04. The molecule has 0 unspecified atom stereocenters. The van der Waals surface area contributed by atoms with Crippen LogP contribution in [0.25, 0.3) is 0 Å². The number of pyridine rings is 1. The lowest BCUT2D eigenvalue weighted by molar-refractivity contribution is -0.765. The lowest BCUT2D eigenvalue weighted by Gasteiger charge is -2.11. The first kappa shape index (κ1) is 20.1. The van der Waals surface area contributed by atoms with Crippen LogP contribution < -0.4 is 9.88 Å². The predicted octanol–water partition coefficient (Wildman–Crippen LogP) is 0.349. The van der Waals surface area contributed by atoms with Gasteiger partial charge in [0.1, 0.15) is 17.8 Å². The lowest BCUT2D eigenvalue weighted by atomic mass is 10.1. The molecule has 1 aromatic heterocycles. The standard InChI is InChI=1S/C20H22N2O6/c1-11-8-13(12(2)24)5-6-15(11)21-19(27)14-4-3-7-22(9-14)20-18(26)17(25)16(10-23)28-20/h3-9,16-18,20,23,25-26H,10H2,1-2H3/p+1/t16-,17-,18-,20-/m1/s1. The maximum Gasteiger partial charge on any atom is 0.292 e. The average molecular weight is 387 g/mol. The summed E-state index contributed by atoms with van der Waals surface area (Å²) in [5, 5.41) is 32.1. The second-order valence-electron chi connectivity index (χ2n) is 6.81. The van der Waals surface area contributed by atoms with Gasteiger partial charge in [0.05, 0.1) is 6.61 Å². The van der Waals surface area contributed by atoms with E-state index in [1.807, 2.05) is 0 Å². The van der Waals surface area contributed by atoms with Crippen molar-refractivity contribution >= 4 is 17.4 Å². The van der Waals surface area contributed by atoms with E-state index in [1.165, 1.54) is 17.7 Å². The largest absolute Gasteiger partial charge is 0.394 e. The van der Waals surface area contributed by atoms with E-state index in [9.17, 15) is 24.9 Å². The first-order valence-electron chi connectivity index (χ1n) is 8.88. The molecule has 0 saturated carbocycles. The topological polar surface area (TPSA) is 120 Å². The van der Waals surface area contributed by atoms with Crippen molar-refractivity contribution < 1.29 is 34.2 Å². The van der Waals surface area contributed by atoms with Crippen molar-refractivity contribution in [3.63, 3.8) is 0 Å². The smallest absolute Gasteiger partial charge is 0.292 e. The molecular formula is C20H23N2O6+. The van der Waals surface area contributed by atoms with Crippen LogP contribution in [0.1, 0.15) is 39.4 Å². The molecular weight excluding hydrogens is 364 g/mol. The number of amides is 1. The van der Waals surface area contributed by atoms with Crippen molar-refractivity contribution in [1.29, 1.82) is 0 Å². The summed E-state index contributed by atoms with van der Waals surface area (Å²) in [4.78, 5) is 24.1. The minimum atomic E-state index is -1.23. The van der Waals surface area contributed by atoms with Crippen molar-refractivity contribution in [1.82, 2.24) is 0 Å². The van der Waals surface area contributed by atoms with Gasteiger partial charge in [-0.1, -0.05) is 0 Å². The monoisotopic (exact) mass is 387 g/mol. The number of carbonyl (C=O) groups excluding carboxylic acids is 2. The molecule has 2 aromatic rings. The van der Waals surface area contributed by atoms with E-state index in [4.69, 9.17) is 4.74 Å². The Kier molecular flexibility index (Phi) is 5.85. The quantitative estimate of drug-likeness (QED) is 0.434. The second-order valence-corrected chi connectivity index (χ2v) is 6.81. The van der Waals surface area contributed by atoms with Gasteiger partial charge in [0.25, 0.3) is 12.1 Å². The Labute approximate surface area is 162 Å². The predicted molar refractivity (Wildman–Crippen MR) is 98.8 cm³/mol. The molecule has 0 radical (unpaired) electrons. The Hall–Kier alpha value is -2.65. The molecule has 2 heterocycles. The normalized spacial score (nSPS) is 24.2. The number of carbonyl (C=O) groups is 2. The molecule has 0 aliphatic carbocycles. The average Bonchev–Trinajstić information content (AvgIpc) is 2.97. The summed E-state index contributed by atoms with van der Waals surface area (Å²) in [6.45, 7) is 2.85. The number of aryl methyl sites for hydroxylation is 1. The third kappa shape index (κ3) is 3.95. The number of nitrogens with zero attached hydrogens (tertiary/aromatic N) is 1. The van der Waals surface area contributed by atoms with Gasteiger partial charge in [-0.2, -0.15) is 4.57 Å². The van der Waals surface area contributed by atoms with Crippen LogP contribution >= 0.6 is 0 Å². The molecule has 3 rings (SSSR count). The minimum absolute atomic E-state index is 0.0523. The molecule has 1 fully saturated rings. The fourth-order valence-electron chi connectivity index (χ4n) is 3.13. The molecule has 4 atom stereocenters. The lowest BCUT2D eigenvalue weighted by Crippen LogP contribution is -2.46. The number of nitrogens with one attached hydrogen (secondary N) is 1. The number of hydrogen-bond donors (Lipinski definition) is 4. The van der Waals surface area contributed by atoms with Gasteiger partial charge in [-0.25, -0.2) is 0 Å². The Morgan fingerprint density at radius 3 is 2.54 bits per heavy atom. The van der Waals surface area contributed by atoms with Gasteiger partial charge in [-0.05, 0) is 43.7 Å². The fourth-order valence-corrected chi connectivity index (χ4v) is 3.13. The van der Waals surface area contributed by atoms with Crippen molar-refractivity contribution in [2.75, 3.05) is 11.9 Å². The van der Waals surface area contributed by atoms with Gasteiger partial charge < -0.3 is 25.4 Å². The summed E-state index contributed by atoms with van der Waals surface area (Å²) in [5.74, 6) is -0.427. The molecule has 0 bridgehead atoms. The summed E-state index contributed by atoms with van der Waals surface area (Å²) in [6, 6.07) is 8.26. The van der Waals surface area contributed by atoms with E-state index < -0.39 is 31.1 Å². The van der Waals surface area contributed by atoms with E-state index in [0.717, 1.165) is 5.56 Å². The maximum atomic E-state index is 12.6. The number of Topliss-reactive ketones (excluding diaryl/α,β-unsaturated/α-hetero) is 1. The van der Waals surface area contributed by atoms with E-state index in [0.29, 0.717) is 16.8 Å². The van der Waals surface area contributed by atoms with Gasteiger partial charge >= 0.3 is 0 Å². The van der Waals surface area contributed by atoms with Crippen LogP contribution in [0.4, 0.5) is 5.69 Å². The Morgan fingerprint density at radius 1 is 1.18 bits per heavy atom. The molecule has 1 aliphatic heterocycles. The highest BCUT2D eigenvalue weighted by Crippen LogP contribution is 2.25. The summed E-state index contributed by atoms with van der Waals surface area (Å²) in [5.41, 5.74) is 2.22. The molecule has 28 heavy (non-hydrogen) atoms. The third-order valence-electron chi connectivity index (χ3n) is 4.78. The van der Waals surface area contributed by atoms with E-state index in [1.54, 1.807) is 43.5 Å². The maximum absolute atomic E-state index is 12.6. The molecule has 1 aromatic carbocycles. The second kappa shape index (κ2) is 8.15. The molecule has 8 heteroatoms. The van der Waals surface area contributed by atoms with E-state index >= 15 is 0 Å². The van der Waals surface area contributed by atoms with Gasteiger partial charge in [0.15, 0.2) is 24.3 Å². The Balaban J connectivity index is 1.79.